The Bertz CT molecular complexity index is 650. The highest BCUT2D eigenvalue weighted by atomic mass is 19.2. The summed E-state index contributed by atoms with van der Waals surface area (Å²) >= 11 is 0. The van der Waals surface area contributed by atoms with Crippen LogP contribution in [0.2, 0.25) is 0 Å². The van der Waals surface area contributed by atoms with Gasteiger partial charge in [0.1, 0.15) is 5.69 Å². The molecule has 3 nitrogen and oxygen atoms in total. The van der Waals surface area contributed by atoms with Gasteiger partial charge in [-0.05, 0) is 17.7 Å². The number of rotatable bonds is 4. The minimum absolute atomic E-state index is 0.101. The zero-order chi connectivity index (χ0) is 15.6. The van der Waals surface area contributed by atoms with Crippen molar-refractivity contribution in [3.8, 4) is 11.5 Å². The third kappa shape index (κ3) is 3.01. The van der Waals surface area contributed by atoms with E-state index in [0.717, 1.165) is 0 Å². The van der Waals surface area contributed by atoms with E-state index in [2.05, 4.69) is 5.32 Å². The van der Waals surface area contributed by atoms with Crippen molar-refractivity contribution < 1.29 is 27.4 Å². The summed E-state index contributed by atoms with van der Waals surface area (Å²) in [5.41, 5.74) is -0.396. The number of phenols is 1. The molecule has 112 valence electrons. The van der Waals surface area contributed by atoms with Gasteiger partial charge in [0, 0.05) is 12.6 Å². The van der Waals surface area contributed by atoms with Gasteiger partial charge < -0.3 is 15.2 Å². The average Bonchev–Trinajstić information content (AvgIpc) is 2.46. The van der Waals surface area contributed by atoms with Crippen LogP contribution >= 0.6 is 0 Å². The van der Waals surface area contributed by atoms with E-state index >= 15 is 0 Å². The first-order valence-electron chi connectivity index (χ1n) is 5.86. The third-order valence-corrected chi connectivity index (χ3v) is 2.83. The average molecular weight is 301 g/mol. The molecule has 0 saturated heterocycles. The second-order valence-corrected chi connectivity index (χ2v) is 4.20. The topological polar surface area (TPSA) is 41.5 Å². The van der Waals surface area contributed by atoms with Crippen LogP contribution in [0.3, 0.4) is 0 Å². The fourth-order valence-electron chi connectivity index (χ4n) is 1.75. The van der Waals surface area contributed by atoms with Gasteiger partial charge >= 0.3 is 0 Å². The van der Waals surface area contributed by atoms with Crippen LogP contribution in [-0.2, 0) is 6.54 Å². The van der Waals surface area contributed by atoms with Gasteiger partial charge in [-0.1, -0.05) is 6.07 Å². The smallest absolute Gasteiger partial charge is 0.185 e. The van der Waals surface area contributed by atoms with Crippen molar-refractivity contribution in [1.29, 1.82) is 0 Å². The van der Waals surface area contributed by atoms with Gasteiger partial charge in [-0.3, -0.25) is 0 Å². The molecule has 0 radical (unpaired) electrons. The number of phenolic OH excluding ortho intramolecular Hbond substituents is 1. The van der Waals surface area contributed by atoms with Crippen LogP contribution in [0, 0.1) is 23.3 Å². The lowest BCUT2D eigenvalue weighted by atomic mass is 10.2. The van der Waals surface area contributed by atoms with Gasteiger partial charge in [0.15, 0.2) is 34.8 Å². The van der Waals surface area contributed by atoms with Gasteiger partial charge in [0.25, 0.3) is 0 Å². The highest BCUT2D eigenvalue weighted by molar-refractivity contribution is 5.49. The molecule has 0 atom stereocenters. The van der Waals surface area contributed by atoms with Crippen LogP contribution < -0.4 is 10.1 Å². The number of aromatic hydroxyl groups is 1. The molecule has 21 heavy (non-hydrogen) atoms. The maximum absolute atomic E-state index is 13.4. The Morgan fingerprint density at radius 2 is 1.67 bits per heavy atom. The number of hydrogen-bond acceptors (Lipinski definition) is 3. The number of halogens is 4. The molecule has 0 amide bonds. The largest absolute Gasteiger partial charge is 0.504 e. The van der Waals surface area contributed by atoms with Crippen molar-refractivity contribution in [3.05, 3.63) is 53.1 Å². The Morgan fingerprint density at radius 3 is 2.24 bits per heavy atom. The number of nitrogens with one attached hydrogen (secondary N) is 1. The summed E-state index contributed by atoms with van der Waals surface area (Å²) in [5, 5.41) is 11.7. The van der Waals surface area contributed by atoms with Crippen LogP contribution in [0.1, 0.15) is 5.56 Å². The number of anilines is 1. The van der Waals surface area contributed by atoms with Crippen molar-refractivity contribution in [2.24, 2.45) is 0 Å². The zero-order valence-electron chi connectivity index (χ0n) is 10.9. The fourth-order valence-corrected chi connectivity index (χ4v) is 1.75. The number of hydrogen-bond donors (Lipinski definition) is 2. The molecular formula is C14H11F4NO2. The summed E-state index contributed by atoms with van der Waals surface area (Å²) in [6.45, 7) is -0.118. The van der Waals surface area contributed by atoms with Gasteiger partial charge in [-0.15, -0.1) is 0 Å². The molecule has 0 aliphatic rings. The SMILES string of the molecule is COc1cc(CNc2c(F)c(F)cc(F)c2F)ccc1O. The maximum atomic E-state index is 13.4. The van der Waals surface area contributed by atoms with Crippen LogP contribution in [-0.4, -0.2) is 12.2 Å². The van der Waals surface area contributed by atoms with Gasteiger partial charge in [-0.2, -0.15) is 0 Å². The Balaban J connectivity index is 2.24. The zero-order valence-corrected chi connectivity index (χ0v) is 10.9. The summed E-state index contributed by atoms with van der Waals surface area (Å²) < 4.78 is 57.9. The normalized spacial score (nSPS) is 10.5. The van der Waals surface area contributed by atoms with E-state index in [9.17, 15) is 22.7 Å². The molecule has 0 heterocycles. The van der Waals surface area contributed by atoms with Crippen molar-refractivity contribution >= 4 is 5.69 Å². The van der Waals surface area contributed by atoms with Crippen LogP contribution in [0.15, 0.2) is 24.3 Å². The van der Waals surface area contributed by atoms with E-state index in [1.165, 1.54) is 25.3 Å². The summed E-state index contributed by atoms with van der Waals surface area (Å²) in [7, 11) is 1.34. The van der Waals surface area contributed by atoms with E-state index in [0.29, 0.717) is 5.56 Å². The molecule has 0 aliphatic heterocycles. The molecule has 0 aliphatic carbocycles. The first-order valence-corrected chi connectivity index (χ1v) is 5.86. The van der Waals surface area contributed by atoms with Crippen molar-refractivity contribution in [2.45, 2.75) is 6.54 Å². The van der Waals surface area contributed by atoms with Gasteiger partial charge in [0.2, 0.25) is 0 Å². The van der Waals surface area contributed by atoms with Crippen LogP contribution in [0.4, 0.5) is 23.2 Å². The first kappa shape index (κ1) is 15.0. The summed E-state index contributed by atoms with van der Waals surface area (Å²) in [5.74, 6) is -5.91. The molecule has 2 aromatic rings. The van der Waals surface area contributed by atoms with Crippen LogP contribution in [0.25, 0.3) is 0 Å². The van der Waals surface area contributed by atoms with E-state index in [4.69, 9.17) is 4.74 Å². The predicted molar refractivity (Wildman–Crippen MR) is 68.3 cm³/mol. The molecule has 0 bridgehead atoms. The lowest BCUT2D eigenvalue weighted by Crippen LogP contribution is -2.07. The van der Waals surface area contributed by atoms with Crippen molar-refractivity contribution in [2.75, 3.05) is 12.4 Å². The Kier molecular flexibility index (Phi) is 4.21. The van der Waals surface area contributed by atoms with Crippen LogP contribution in [0.5, 0.6) is 11.5 Å². The van der Waals surface area contributed by atoms with E-state index < -0.39 is 29.0 Å². The molecule has 2 rings (SSSR count). The number of methoxy groups -OCH3 is 1. The second-order valence-electron chi connectivity index (χ2n) is 4.20. The predicted octanol–water partition coefficient (Wildman–Crippen LogP) is 3.57. The van der Waals surface area contributed by atoms with Gasteiger partial charge in [0.05, 0.1) is 7.11 Å². The molecule has 2 N–H and O–H groups in total. The molecule has 2 aromatic carbocycles. The first-order chi connectivity index (χ1) is 9.93. The van der Waals surface area contributed by atoms with Gasteiger partial charge in [-0.25, -0.2) is 17.6 Å². The highest BCUT2D eigenvalue weighted by Crippen LogP contribution is 2.28. The molecule has 0 spiro atoms. The Morgan fingerprint density at radius 1 is 1.05 bits per heavy atom. The Hall–Kier alpha value is -2.44. The highest BCUT2D eigenvalue weighted by Gasteiger charge is 2.18. The molecule has 0 unspecified atom stereocenters. The maximum Gasteiger partial charge on any atom is 0.185 e. The summed E-state index contributed by atoms with van der Waals surface area (Å²) in [6.07, 6.45) is 0. The van der Waals surface area contributed by atoms with E-state index in [1.807, 2.05) is 0 Å². The Labute approximate surface area is 117 Å². The molecule has 0 saturated carbocycles. The minimum Gasteiger partial charge on any atom is -0.504 e. The lowest BCUT2D eigenvalue weighted by Gasteiger charge is -2.11. The minimum atomic E-state index is -1.50. The molecule has 0 fully saturated rings. The second kappa shape index (κ2) is 5.90. The third-order valence-electron chi connectivity index (χ3n) is 2.83. The fraction of sp³-hybridized carbons (Fsp3) is 0.143. The molecule has 0 aromatic heterocycles. The molecule has 7 heteroatoms. The summed E-state index contributed by atoms with van der Waals surface area (Å²) in [6, 6.07) is 4.36. The monoisotopic (exact) mass is 301 g/mol. The standard InChI is InChI=1S/C14H11F4NO2/c1-21-11-4-7(2-3-10(11)20)6-19-14-12(17)8(15)5-9(16)13(14)18/h2-5,19-20H,6H2,1H3. The molecular weight excluding hydrogens is 290 g/mol. The number of ether oxygens (including phenoxy) is 1. The van der Waals surface area contributed by atoms with E-state index in [1.54, 1.807) is 0 Å². The van der Waals surface area contributed by atoms with Crippen molar-refractivity contribution in [3.63, 3.8) is 0 Å². The lowest BCUT2D eigenvalue weighted by molar-refractivity contribution is 0.373. The quantitative estimate of drug-likeness (QED) is 0.670. The van der Waals surface area contributed by atoms with E-state index in [-0.39, 0.29) is 24.1 Å². The number of benzene rings is 2. The van der Waals surface area contributed by atoms with Crippen molar-refractivity contribution in [1.82, 2.24) is 0 Å². The summed E-state index contributed by atoms with van der Waals surface area (Å²) in [4.78, 5) is 0.